The lowest BCUT2D eigenvalue weighted by atomic mass is 10.0. The maximum absolute atomic E-state index is 12.9. The largest absolute Gasteiger partial charge is 0.379 e. The van der Waals surface area contributed by atoms with Gasteiger partial charge in [0, 0.05) is 56.0 Å². The lowest BCUT2D eigenvalue weighted by Crippen LogP contribution is -2.52. The molecule has 2 saturated heterocycles. The molecular weight excluding hydrogens is 456 g/mol. The Kier molecular flexibility index (Phi) is 8.58. The highest BCUT2D eigenvalue weighted by molar-refractivity contribution is 7.99. The fraction of sp³-hybridized carbons (Fsp3) is 0.583. The molecule has 2 N–H and O–H groups in total. The summed E-state index contributed by atoms with van der Waals surface area (Å²) in [5.41, 5.74) is 1.60. The van der Waals surface area contributed by atoms with Gasteiger partial charge >= 0.3 is 0 Å². The zero-order valence-electron chi connectivity index (χ0n) is 19.3. The summed E-state index contributed by atoms with van der Waals surface area (Å²) in [6, 6.07) is 5.10. The quantitative estimate of drug-likeness (QED) is 0.289. The number of nitrogens with zero attached hydrogens (tertiary/aromatic N) is 2. The molecule has 4 rings (SSSR count). The van der Waals surface area contributed by atoms with E-state index in [0.717, 1.165) is 61.9 Å². The lowest BCUT2D eigenvalue weighted by molar-refractivity contribution is -0.137. The summed E-state index contributed by atoms with van der Waals surface area (Å²) >= 11 is 1.70. The molecular formula is C24H32N4O5S. The van der Waals surface area contributed by atoms with Crippen LogP contribution in [0.3, 0.4) is 0 Å². The number of fused-ring (bicyclic) bond motifs is 1. The van der Waals surface area contributed by atoms with E-state index in [1.165, 1.54) is 0 Å². The zero-order chi connectivity index (χ0) is 23.9. The summed E-state index contributed by atoms with van der Waals surface area (Å²) in [5.74, 6) is 0.152. The topological polar surface area (TPSA) is 108 Å². The van der Waals surface area contributed by atoms with E-state index in [1.54, 1.807) is 22.7 Å². The molecule has 1 aromatic carbocycles. The van der Waals surface area contributed by atoms with Gasteiger partial charge in [0.05, 0.1) is 13.2 Å². The monoisotopic (exact) mass is 488 g/mol. The molecule has 3 aliphatic rings. The summed E-state index contributed by atoms with van der Waals surface area (Å²) in [7, 11) is 0. The Bertz CT molecular complexity index is 934. The van der Waals surface area contributed by atoms with Crippen molar-refractivity contribution in [2.45, 2.75) is 49.6 Å². The van der Waals surface area contributed by atoms with Crippen molar-refractivity contribution >= 4 is 35.4 Å². The van der Waals surface area contributed by atoms with E-state index in [-0.39, 0.29) is 24.1 Å². The van der Waals surface area contributed by atoms with Crippen LogP contribution in [-0.2, 0) is 25.7 Å². The van der Waals surface area contributed by atoms with Gasteiger partial charge in [0.25, 0.3) is 5.91 Å². The number of ether oxygens (including phenoxy) is 1. The maximum Gasteiger partial charge on any atom is 0.255 e. The van der Waals surface area contributed by atoms with E-state index in [2.05, 4.69) is 15.5 Å². The van der Waals surface area contributed by atoms with E-state index < -0.39 is 11.9 Å². The number of carbonyl (C=O) groups excluding carboxylic acids is 4. The molecule has 2 fully saturated rings. The number of carbonyl (C=O) groups is 4. The highest BCUT2D eigenvalue weighted by atomic mass is 32.2. The van der Waals surface area contributed by atoms with Crippen molar-refractivity contribution in [2.24, 2.45) is 0 Å². The van der Waals surface area contributed by atoms with Gasteiger partial charge in [-0.05, 0) is 42.7 Å². The minimum atomic E-state index is -0.595. The van der Waals surface area contributed by atoms with Crippen LogP contribution in [0.2, 0.25) is 0 Å². The molecule has 0 radical (unpaired) electrons. The fourth-order valence-electron chi connectivity index (χ4n) is 4.50. The summed E-state index contributed by atoms with van der Waals surface area (Å²) in [5, 5.41) is 5.34. The number of morpholine rings is 1. The van der Waals surface area contributed by atoms with E-state index in [9.17, 15) is 19.2 Å². The summed E-state index contributed by atoms with van der Waals surface area (Å²) in [6.45, 7) is 5.11. The van der Waals surface area contributed by atoms with Gasteiger partial charge in [0.15, 0.2) is 0 Å². The Morgan fingerprint density at radius 2 is 2.00 bits per heavy atom. The van der Waals surface area contributed by atoms with Gasteiger partial charge in [-0.2, -0.15) is 0 Å². The smallest absolute Gasteiger partial charge is 0.255 e. The van der Waals surface area contributed by atoms with Crippen LogP contribution in [0.25, 0.3) is 0 Å². The number of piperidine rings is 1. The minimum absolute atomic E-state index is 0.0899. The third-order valence-electron chi connectivity index (χ3n) is 6.45. The average molecular weight is 489 g/mol. The van der Waals surface area contributed by atoms with E-state index in [1.807, 2.05) is 12.1 Å². The third kappa shape index (κ3) is 6.17. The van der Waals surface area contributed by atoms with Gasteiger partial charge in [-0.1, -0.05) is 6.07 Å². The number of hydrogen-bond donors (Lipinski definition) is 2. The second-order valence-electron chi connectivity index (χ2n) is 8.79. The number of unbranched alkanes of at least 4 members (excludes halogenated alkanes) is 1. The highest BCUT2D eigenvalue weighted by Crippen LogP contribution is 2.34. The molecule has 0 aliphatic carbocycles. The Balaban J connectivity index is 1.18. The van der Waals surface area contributed by atoms with E-state index in [4.69, 9.17) is 4.74 Å². The van der Waals surface area contributed by atoms with Crippen LogP contribution in [0.5, 0.6) is 0 Å². The number of benzene rings is 1. The molecule has 1 aromatic rings. The molecule has 4 amide bonds. The van der Waals surface area contributed by atoms with Crippen molar-refractivity contribution in [1.82, 2.24) is 20.4 Å². The molecule has 0 bridgehead atoms. The molecule has 1 atom stereocenters. The second-order valence-corrected chi connectivity index (χ2v) is 9.93. The van der Waals surface area contributed by atoms with Crippen LogP contribution in [0.4, 0.5) is 0 Å². The molecule has 10 heteroatoms. The number of amides is 4. The number of nitrogens with one attached hydrogen (secondary N) is 2. The molecule has 184 valence electrons. The third-order valence-corrected chi connectivity index (χ3v) is 7.64. The zero-order valence-corrected chi connectivity index (χ0v) is 20.2. The molecule has 3 aliphatic heterocycles. The molecule has 34 heavy (non-hydrogen) atoms. The number of thioether (sulfide) groups is 1. The number of hydrogen-bond acceptors (Lipinski definition) is 7. The Hall–Kier alpha value is -2.43. The molecule has 3 heterocycles. The Labute approximate surface area is 203 Å². The lowest BCUT2D eigenvalue weighted by Gasteiger charge is -2.29. The first-order valence-corrected chi connectivity index (χ1v) is 13.0. The van der Waals surface area contributed by atoms with Crippen molar-refractivity contribution in [3.63, 3.8) is 0 Å². The van der Waals surface area contributed by atoms with Crippen LogP contribution in [0.1, 0.15) is 48.0 Å². The van der Waals surface area contributed by atoms with E-state index >= 15 is 0 Å². The normalized spacial score (nSPS) is 20.9. The van der Waals surface area contributed by atoms with Crippen molar-refractivity contribution in [3.8, 4) is 0 Å². The van der Waals surface area contributed by atoms with Crippen molar-refractivity contribution in [2.75, 3.05) is 45.1 Å². The van der Waals surface area contributed by atoms with Crippen LogP contribution in [0, 0.1) is 0 Å². The summed E-state index contributed by atoms with van der Waals surface area (Å²) in [4.78, 5) is 53.5. The number of imide groups is 1. The van der Waals surface area contributed by atoms with Crippen LogP contribution in [-0.4, -0.2) is 84.6 Å². The molecule has 0 saturated carbocycles. The van der Waals surface area contributed by atoms with Gasteiger partial charge in [-0.3, -0.25) is 29.4 Å². The fourth-order valence-corrected chi connectivity index (χ4v) is 5.59. The molecule has 9 nitrogen and oxygen atoms in total. The predicted molar refractivity (Wildman–Crippen MR) is 127 cm³/mol. The minimum Gasteiger partial charge on any atom is -0.379 e. The second kappa shape index (κ2) is 11.8. The van der Waals surface area contributed by atoms with Gasteiger partial charge in [0.1, 0.15) is 6.04 Å². The maximum atomic E-state index is 12.9. The van der Waals surface area contributed by atoms with Gasteiger partial charge in [-0.15, -0.1) is 11.8 Å². The van der Waals surface area contributed by atoms with Crippen LogP contribution < -0.4 is 10.6 Å². The SMILES string of the molecule is O=C(CCN1CCOCC1)NCCCCSc1cccc2c1CN(C1CCC(=O)NC1=O)C2=O. The number of rotatable bonds is 10. The first-order valence-electron chi connectivity index (χ1n) is 12.0. The van der Waals surface area contributed by atoms with Gasteiger partial charge in [0.2, 0.25) is 17.7 Å². The van der Waals surface area contributed by atoms with Crippen molar-refractivity contribution in [3.05, 3.63) is 29.3 Å². The Morgan fingerprint density at radius 3 is 2.79 bits per heavy atom. The first-order chi connectivity index (χ1) is 16.5. The standard InChI is InChI=1S/C24H32N4O5S/c29-21(8-10-27-11-13-33-14-12-27)25-9-1-2-15-34-20-5-3-4-17-18(20)16-28(24(17)32)19-6-7-22(30)26-23(19)31/h3-5,19H,1-2,6-16H2,(H,25,29)(H,26,30,31). The Morgan fingerprint density at radius 1 is 1.18 bits per heavy atom. The first kappa shape index (κ1) is 24.7. The van der Waals surface area contributed by atoms with Gasteiger partial charge < -0.3 is 15.0 Å². The van der Waals surface area contributed by atoms with Crippen LogP contribution >= 0.6 is 11.8 Å². The molecule has 1 unspecified atom stereocenters. The van der Waals surface area contributed by atoms with Gasteiger partial charge in [-0.25, -0.2) is 0 Å². The molecule has 0 aromatic heterocycles. The van der Waals surface area contributed by atoms with Crippen molar-refractivity contribution < 1.29 is 23.9 Å². The predicted octanol–water partition coefficient (Wildman–Crippen LogP) is 1.16. The van der Waals surface area contributed by atoms with Crippen molar-refractivity contribution in [1.29, 1.82) is 0 Å². The summed E-state index contributed by atoms with van der Waals surface area (Å²) < 4.78 is 5.32. The van der Waals surface area contributed by atoms with E-state index in [0.29, 0.717) is 31.5 Å². The highest BCUT2D eigenvalue weighted by Gasteiger charge is 2.39. The molecule has 0 spiro atoms. The average Bonchev–Trinajstić information content (AvgIpc) is 3.17. The van der Waals surface area contributed by atoms with Crippen LogP contribution in [0.15, 0.2) is 23.1 Å². The summed E-state index contributed by atoms with van der Waals surface area (Å²) in [6.07, 6.45) is 2.98.